The van der Waals surface area contributed by atoms with Crippen molar-refractivity contribution in [3.05, 3.63) is 35.9 Å². The Morgan fingerprint density at radius 1 is 1.03 bits per heavy atom. The summed E-state index contributed by atoms with van der Waals surface area (Å²) in [5.41, 5.74) is 0.405. The van der Waals surface area contributed by atoms with Gasteiger partial charge >= 0.3 is 17.9 Å². The van der Waals surface area contributed by atoms with E-state index in [1.54, 1.807) is 12.1 Å². The number of benzene rings is 1. The lowest BCUT2D eigenvalue weighted by Gasteiger charge is -2.31. The van der Waals surface area contributed by atoms with Crippen molar-refractivity contribution in [3.63, 3.8) is 0 Å². The third-order valence-corrected chi connectivity index (χ3v) is 6.14. The van der Waals surface area contributed by atoms with E-state index in [0.717, 1.165) is 17.8 Å². The van der Waals surface area contributed by atoms with E-state index in [1.165, 1.54) is 0 Å². The minimum Gasteiger partial charge on any atom is -0.507 e. The zero-order chi connectivity index (χ0) is 24.2. The molecule has 0 saturated heterocycles. The van der Waals surface area contributed by atoms with E-state index >= 15 is 0 Å². The zero-order valence-corrected chi connectivity index (χ0v) is 19.8. The summed E-state index contributed by atoms with van der Waals surface area (Å²) in [6.07, 6.45) is 0.0721. The molecule has 0 aliphatic heterocycles. The molecule has 8 heteroatoms. The van der Waals surface area contributed by atoms with Crippen molar-refractivity contribution in [1.82, 2.24) is 0 Å². The summed E-state index contributed by atoms with van der Waals surface area (Å²) in [5.74, 6) is -3.18. The molecule has 31 heavy (non-hydrogen) atoms. The lowest BCUT2D eigenvalue weighted by molar-refractivity contribution is -0.148. The first-order valence-corrected chi connectivity index (χ1v) is 10.7. The molecule has 0 spiro atoms. The third kappa shape index (κ3) is 7.02. The Hall–Kier alpha value is -2.48. The van der Waals surface area contributed by atoms with Gasteiger partial charge in [-0.05, 0) is 23.0 Å². The fourth-order valence-electron chi connectivity index (χ4n) is 3.06. The Bertz CT molecular complexity index is 827. The van der Waals surface area contributed by atoms with E-state index < -0.39 is 39.9 Å². The van der Waals surface area contributed by atoms with E-state index in [-0.39, 0.29) is 18.8 Å². The Morgan fingerprint density at radius 2 is 1.52 bits per heavy atom. The SMILES string of the molecule is C=CC(=O)OCCC(CC(=O)O)(Sc1cc(C(C)(C)C)c(O)c(C(C)(C)C)c1)C(=O)O. The van der Waals surface area contributed by atoms with Crippen LogP contribution in [0.3, 0.4) is 0 Å². The fourth-order valence-corrected chi connectivity index (χ4v) is 4.33. The van der Waals surface area contributed by atoms with Crippen molar-refractivity contribution < 1.29 is 34.4 Å². The van der Waals surface area contributed by atoms with Crippen molar-refractivity contribution in [3.8, 4) is 5.75 Å². The highest BCUT2D eigenvalue weighted by Crippen LogP contribution is 2.46. The zero-order valence-electron chi connectivity index (χ0n) is 18.9. The highest BCUT2D eigenvalue weighted by atomic mass is 32.2. The van der Waals surface area contributed by atoms with Crippen LogP contribution >= 0.6 is 11.8 Å². The Kier molecular flexibility index (Phi) is 8.37. The Morgan fingerprint density at radius 3 is 1.87 bits per heavy atom. The molecule has 1 rings (SSSR count). The summed E-state index contributed by atoms with van der Waals surface area (Å²) in [5, 5.41) is 30.3. The van der Waals surface area contributed by atoms with Crippen molar-refractivity contribution in [2.75, 3.05) is 6.61 Å². The van der Waals surface area contributed by atoms with Gasteiger partial charge in [-0.2, -0.15) is 0 Å². The predicted octanol–water partition coefficient (Wildman–Crippen LogP) is 4.50. The molecule has 0 aliphatic rings. The number of carbonyl (C=O) groups is 3. The van der Waals surface area contributed by atoms with Crippen LogP contribution in [0.2, 0.25) is 0 Å². The second kappa shape index (κ2) is 9.77. The van der Waals surface area contributed by atoms with E-state index in [2.05, 4.69) is 6.58 Å². The highest BCUT2D eigenvalue weighted by Gasteiger charge is 2.43. The van der Waals surface area contributed by atoms with E-state index in [0.29, 0.717) is 16.0 Å². The number of carboxylic acids is 2. The smallest absolute Gasteiger partial charge is 0.330 e. The molecular formula is C23H32O7S. The average molecular weight is 453 g/mol. The summed E-state index contributed by atoms with van der Waals surface area (Å²) < 4.78 is 3.16. The molecule has 0 aliphatic carbocycles. The second-order valence-electron chi connectivity index (χ2n) is 9.46. The van der Waals surface area contributed by atoms with Gasteiger partial charge in [0.15, 0.2) is 0 Å². The molecular weight excluding hydrogens is 420 g/mol. The molecule has 0 saturated carbocycles. The van der Waals surface area contributed by atoms with Gasteiger partial charge in [0, 0.05) is 28.5 Å². The topological polar surface area (TPSA) is 121 Å². The predicted molar refractivity (Wildman–Crippen MR) is 120 cm³/mol. The number of rotatable bonds is 9. The van der Waals surface area contributed by atoms with Gasteiger partial charge in [0.1, 0.15) is 10.5 Å². The van der Waals surface area contributed by atoms with Crippen molar-refractivity contribution in [2.24, 2.45) is 0 Å². The lowest BCUT2D eigenvalue weighted by Crippen LogP contribution is -2.39. The molecule has 0 fully saturated rings. The summed E-state index contributed by atoms with van der Waals surface area (Å²) in [7, 11) is 0. The normalized spacial score (nSPS) is 13.9. The van der Waals surface area contributed by atoms with Gasteiger partial charge in [-0.1, -0.05) is 48.1 Å². The number of phenols is 1. The van der Waals surface area contributed by atoms with Crippen molar-refractivity contribution in [2.45, 2.75) is 74.9 Å². The number of carbonyl (C=O) groups excluding carboxylic acids is 1. The number of thioether (sulfide) groups is 1. The van der Waals surface area contributed by atoms with Gasteiger partial charge < -0.3 is 20.1 Å². The molecule has 3 N–H and O–H groups in total. The molecule has 7 nitrogen and oxygen atoms in total. The lowest BCUT2D eigenvalue weighted by atomic mass is 9.79. The molecule has 1 atom stereocenters. The van der Waals surface area contributed by atoms with Crippen LogP contribution < -0.4 is 0 Å². The van der Waals surface area contributed by atoms with Crippen LogP contribution in [0.15, 0.2) is 29.7 Å². The Labute approximate surface area is 187 Å². The molecule has 1 aromatic rings. The summed E-state index contributed by atoms with van der Waals surface area (Å²) in [6, 6.07) is 3.40. The first kappa shape index (κ1) is 26.6. The van der Waals surface area contributed by atoms with Crippen LogP contribution in [0.1, 0.15) is 65.5 Å². The number of esters is 1. The fraction of sp³-hybridized carbons (Fsp3) is 0.522. The minimum absolute atomic E-state index is 0.142. The number of ether oxygens (including phenoxy) is 1. The summed E-state index contributed by atoms with van der Waals surface area (Å²) in [4.78, 5) is 35.6. The average Bonchev–Trinajstić information content (AvgIpc) is 2.60. The number of carboxylic acid groups (broad SMARTS) is 2. The van der Waals surface area contributed by atoms with Gasteiger partial charge in [0.2, 0.25) is 0 Å². The first-order valence-electron chi connectivity index (χ1n) is 9.85. The van der Waals surface area contributed by atoms with Crippen LogP contribution in [-0.2, 0) is 30.0 Å². The van der Waals surface area contributed by atoms with Gasteiger partial charge in [0.05, 0.1) is 13.0 Å². The maximum Gasteiger partial charge on any atom is 0.330 e. The van der Waals surface area contributed by atoms with Gasteiger partial charge in [-0.3, -0.25) is 9.59 Å². The third-order valence-electron chi connectivity index (χ3n) is 4.76. The standard InChI is InChI=1S/C23H32O7S/c1-8-18(26)30-10-9-23(20(28)29,13-17(24)25)31-14-11-15(21(2,3)4)19(27)16(12-14)22(5,6)7/h8,11-12,27H,1,9-10,13H2,2-7H3,(H,24,25)(H,28,29). The van der Waals surface area contributed by atoms with Crippen LogP contribution in [-0.4, -0.2) is 44.6 Å². The molecule has 0 aromatic heterocycles. The second-order valence-corrected chi connectivity index (χ2v) is 10.9. The molecule has 1 unspecified atom stereocenters. The van der Waals surface area contributed by atoms with Crippen LogP contribution in [0.4, 0.5) is 0 Å². The monoisotopic (exact) mass is 452 g/mol. The highest BCUT2D eigenvalue weighted by molar-refractivity contribution is 8.01. The first-order chi connectivity index (χ1) is 14.0. The maximum absolute atomic E-state index is 12.2. The number of hydrogen-bond donors (Lipinski definition) is 3. The van der Waals surface area contributed by atoms with Gasteiger partial charge in [0.25, 0.3) is 0 Å². The number of aromatic hydroxyl groups is 1. The number of aliphatic carboxylic acids is 2. The van der Waals surface area contributed by atoms with Crippen molar-refractivity contribution >= 4 is 29.7 Å². The summed E-state index contributed by atoms with van der Waals surface area (Å²) >= 11 is 0.893. The molecule has 0 amide bonds. The van der Waals surface area contributed by atoms with E-state index in [4.69, 9.17) is 4.74 Å². The van der Waals surface area contributed by atoms with Crippen LogP contribution in [0.5, 0.6) is 5.75 Å². The molecule has 0 heterocycles. The van der Waals surface area contributed by atoms with Gasteiger partial charge in [-0.15, -0.1) is 11.8 Å². The molecule has 0 radical (unpaired) electrons. The summed E-state index contributed by atoms with van der Waals surface area (Å²) in [6.45, 7) is 14.6. The molecule has 172 valence electrons. The van der Waals surface area contributed by atoms with E-state index in [1.807, 2.05) is 41.5 Å². The molecule has 1 aromatic carbocycles. The Balaban J connectivity index is 3.56. The largest absolute Gasteiger partial charge is 0.507 e. The molecule has 0 bridgehead atoms. The number of phenolic OH excluding ortho intramolecular Hbond substituents is 1. The van der Waals surface area contributed by atoms with Gasteiger partial charge in [-0.25, -0.2) is 4.79 Å². The number of hydrogen-bond acceptors (Lipinski definition) is 6. The van der Waals surface area contributed by atoms with Crippen LogP contribution in [0, 0.1) is 0 Å². The van der Waals surface area contributed by atoms with Crippen LogP contribution in [0.25, 0.3) is 0 Å². The quantitative estimate of drug-likeness (QED) is 0.284. The van der Waals surface area contributed by atoms with E-state index in [9.17, 15) is 29.7 Å². The van der Waals surface area contributed by atoms with Crippen molar-refractivity contribution in [1.29, 1.82) is 0 Å². The maximum atomic E-state index is 12.2. The minimum atomic E-state index is -1.77.